The van der Waals surface area contributed by atoms with E-state index in [0.717, 1.165) is 6.54 Å². The Bertz CT molecular complexity index is 276. The highest BCUT2D eigenvalue weighted by Crippen LogP contribution is 2.40. The molecule has 0 spiro atoms. The average Bonchev–Trinajstić information content (AvgIpc) is 2.70. The van der Waals surface area contributed by atoms with E-state index in [-0.39, 0.29) is 0 Å². The quantitative estimate of drug-likeness (QED) is 0.789. The average molecular weight is 190 g/mol. The van der Waals surface area contributed by atoms with E-state index in [9.17, 15) is 0 Å². The predicted molar refractivity (Wildman–Crippen MR) is 58.3 cm³/mol. The molecule has 2 nitrogen and oxygen atoms in total. The summed E-state index contributed by atoms with van der Waals surface area (Å²) < 4.78 is 0. The number of hydrogen-bond acceptors (Lipinski definition) is 2. The Hall–Kier alpha value is -0.890. The molecule has 76 valence electrons. The largest absolute Gasteiger partial charge is 0.319 e. The zero-order valence-corrected chi connectivity index (χ0v) is 8.79. The maximum Gasteiger partial charge on any atom is 0.0270 e. The molecule has 1 aliphatic carbocycles. The molecule has 0 radical (unpaired) electrons. The first-order chi connectivity index (χ1) is 6.87. The van der Waals surface area contributed by atoms with Gasteiger partial charge in [-0.15, -0.1) is 0 Å². The number of aromatic nitrogens is 1. The standard InChI is InChI=1S/C12H18N2/c1-13-10-12(6-2-3-7-12)11-4-8-14-9-5-11/h4-5,8-9,13H,2-3,6-7,10H2,1H3. The first kappa shape index (κ1) is 9.66. The van der Waals surface area contributed by atoms with Crippen LogP contribution in [0.2, 0.25) is 0 Å². The molecule has 0 bridgehead atoms. The van der Waals surface area contributed by atoms with Gasteiger partial charge in [0.15, 0.2) is 0 Å². The van der Waals surface area contributed by atoms with E-state index in [4.69, 9.17) is 0 Å². The smallest absolute Gasteiger partial charge is 0.0270 e. The van der Waals surface area contributed by atoms with Gasteiger partial charge in [0.2, 0.25) is 0 Å². The molecule has 0 aromatic carbocycles. The van der Waals surface area contributed by atoms with Crippen LogP contribution in [-0.2, 0) is 5.41 Å². The summed E-state index contributed by atoms with van der Waals surface area (Å²) in [6, 6.07) is 4.34. The second kappa shape index (κ2) is 4.09. The van der Waals surface area contributed by atoms with Gasteiger partial charge < -0.3 is 5.32 Å². The molecule has 1 N–H and O–H groups in total. The maximum atomic E-state index is 4.09. The van der Waals surface area contributed by atoms with Gasteiger partial charge in [-0.3, -0.25) is 4.98 Å². The highest BCUT2D eigenvalue weighted by atomic mass is 14.8. The van der Waals surface area contributed by atoms with E-state index in [2.05, 4.69) is 22.4 Å². The van der Waals surface area contributed by atoms with Crippen LogP contribution in [0.15, 0.2) is 24.5 Å². The van der Waals surface area contributed by atoms with Gasteiger partial charge in [0, 0.05) is 24.4 Å². The first-order valence-electron chi connectivity index (χ1n) is 5.42. The zero-order valence-electron chi connectivity index (χ0n) is 8.79. The molecule has 1 aromatic rings. The Kier molecular flexibility index (Phi) is 2.82. The molecule has 0 amide bonds. The molecule has 2 heteroatoms. The SMILES string of the molecule is CNCC1(c2ccncc2)CCCC1. The van der Waals surface area contributed by atoms with Crippen molar-refractivity contribution < 1.29 is 0 Å². The summed E-state index contributed by atoms with van der Waals surface area (Å²) in [6.07, 6.45) is 9.18. The van der Waals surface area contributed by atoms with Crippen LogP contribution in [0.3, 0.4) is 0 Å². The van der Waals surface area contributed by atoms with Gasteiger partial charge in [-0.25, -0.2) is 0 Å². The Morgan fingerprint density at radius 2 is 1.93 bits per heavy atom. The second-order valence-corrected chi connectivity index (χ2v) is 4.25. The summed E-state index contributed by atoms with van der Waals surface area (Å²) in [4.78, 5) is 4.09. The number of rotatable bonds is 3. The topological polar surface area (TPSA) is 24.9 Å². The molecule has 0 saturated heterocycles. The van der Waals surface area contributed by atoms with Crippen LogP contribution in [0.5, 0.6) is 0 Å². The van der Waals surface area contributed by atoms with Crippen LogP contribution in [0.4, 0.5) is 0 Å². The van der Waals surface area contributed by atoms with Crippen LogP contribution in [-0.4, -0.2) is 18.6 Å². The molecule has 1 saturated carbocycles. The third-order valence-electron chi connectivity index (χ3n) is 3.37. The fourth-order valence-electron chi connectivity index (χ4n) is 2.66. The minimum Gasteiger partial charge on any atom is -0.319 e. The molecular weight excluding hydrogens is 172 g/mol. The first-order valence-corrected chi connectivity index (χ1v) is 5.42. The fourth-order valence-corrected chi connectivity index (χ4v) is 2.66. The van der Waals surface area contributed by atoms with Crippen LogP contribution < -0.4 is 5.32 Å². The van der Waals surface area contributed by atoms with Crippen molar-refractivity contribution in [1.29, 1.82) is 0 Å². The van der Waals surface area contributed by atoms with E-state index >= 15 is 0 Å². The number of nitrogens with zero attached hydrogens (tertiary/aromatic N) is 1. The van der Waals surface area contributed by atoms with Crippen molar-refractivity contribution in [2.24, 2.45) is 0 Å². The minimum atomic E-state index is 0.387. The van der Waals surface area contributed by atoms with E-state index in [1.807, 2.05) is 19.4 Å². The maximum absolute atomic E-state index is 4.09. The van der Waals surface area contributed by atoms with E-state index < -0.39 is 0 Å². The predicted octanol–water partition coefficient (Wildman–Crippen LogP) is 2.11. The molecule has 1 aromatic heterocycles. The molecule has 0 aliphatic heterocycles. The molecule has 14 heavy (non-hydrogen) atoms. The molecular formula is C12H18N2. The van der Waals surface area contributed by atoms with Crippen molar-refractivity contribution in [2.75, 3.05) is 13.6 Å². The Morgan fingerprint density at radius 1 is 1.29 bits per heavy atom. The van der Waals surface area contributed by atoms with Gasteiger partial charge in [-0.05, 0) is 37.6 Å². The van der Waals surface area contributed by atoms with Gasteiger partial charge >= 0.3 is 0 Å². The van der Waals surface area contributed by atoms with Crippen molar-refractivity contribution in [1.82, 2.24) is 10.3 Å². The zero-order chi connectivity index (χ0) is 9.86. The monoisotopic (exact) mass is 190 g/mol. The third-order valence-corrected chi connectivity index (χ3v) is 3.37. The summed E-state index contributed by atoms with van der Waals surface area (Å²) >= 11 is 0. The Balaban J connectivity index is 2.27. The minimum absolute atomic E-state index is 0.387. The van der Waals surface area contributed by atoms with Crippen LogP contribution in [0, 0.1) is 0 Å². The number of hydrogen-bond donors (Lipinski definition) is 1. The molecule has 0 atom stereocenters. The van der Waals surface area contributed by atoms with Gasteiger partial charge in [-0.1, -0.05) is 12.8 Å². The van der Waals surface area contributed by atoms with Crippen molar-refractivity contribution in [2.45, 2.75) is 31.1 Å². The molecule has 1 heterocycles. The van der Waals surface area contributed by atoms with Crippen molar-refractivity contribution in [3.63, 3.8) is 0 Å². The van der Waals surface area contributed by atoms with E-state index in [1.165, 1.54) is 31.2 Å². The Morgan fingerprint density at radius 3 is 2.50 bits per heavy atom. The lowest BCUT2D eigenvalue weighted by molar-refractivity contribution is 0.420. The molecule has 1 fully saturated rings. The van der Waals surface area contributed by atoms with Crippen LogP contribution in [0.25, 0.3) is 0 Å². The van der Waals surface area contributed by atoms with Crippen LogP contribution >= 0.6 is 0 Å². The molecule has 2 rings (SSSR count). The lowest BCUT2D eigenvalue weighted by Gasteiger charge is -2.29. The van der Waals surface area contributed by atoms with Gasteiger partial charge in [0.1, 0.15) is 0 Å². The van der Waals surface area contributed by atoms with Gasteiger partial charge in [0.25, 0.3) is 0 Å². The number of nitrogens with one attached hydrogen (secondary N) is 1. The summed E-state index contributed by atoms with van der Waals surface area (Å²) in [5.41, 5.74) is 1.84. The lowest BCUT2D eigenvalue weighted by atomic mass is 9.79. The van der Waals surface area contributed by atoms with Gasteiger partial charge in [-0.2, -0.15) is 0 Å². The highest BCUT2D eigenvalue weighted by Gasteiger charge is 2.34. The summed E-state index contributed by atoms with van der Waals surface area (Å²) in [6.45, 7) is 1.09. The summed E-state index contributed by atoms with van der Waals surface area (Å²) in [7, 11) is 2.04. The Labute approximate surface area is 85.7 Å². The van der Waals surface area contributed by atoms with Gasteiger partial charge in [0.05, 0.1) is 0 Å². The lowest BCUT2D eigenvalue weighted by Crippen LogP contribution is -2.34. The highest BCUT2D eigenvalue weighted by molar-refractivity contribution is 5.24. The normalized spacial score (nSPS) is 19.8. The van der Waals surface area contributed by atoms with Crippen LogP contribution in [0.1, 0.15) is 31.2 Å². The van der Waals surface area contributed by atoms with Crippen molar-refractivity contribution in [3.8, 4) is 0 Å². The fraction of sp³-hybridized carbons (Fsp3) is 0.583. The molecule has 1 aliphatic rings. The summed E-state index contributed by atoms with van der Waals surface area (Å²) in [5.74, 6) is 0. The third kappa shape index (κ3) is 1.67. The summed E-state index contributed by atoms with van der Waals surface area (Å²) in [5, 5.41) is 3.33. The van der Waals surface area contributed by atoms with E-state index in [1.54, 1.807) is 0 Å². The number of pyridine rings is 1. The number of likely N-dealkylation sites (N-methyl/N-ethyl adjacent to an activating group) is 1. The second-order valence-electron chi connectivity index (χ2n) is 4.25. The van der Waals surface area contributed by atoms with E-state index in [0.29, 0.717) is 5.41 Å². The molecule has 0 unspecified atom stereocenters. The van der Waals surface area contributed by atoms with Crippen molar-refractivity contribution >= 4 is 0 Å². The van der Waals surface area contributed by atoms with Crippen molar-refractivity contribution in [3.05, 3.63) is 30.1 Å².